The van der Waals surface area contributed by atoms with Crippen LogP contribution < -0.4 is 15.4 Å². The maximum absolute atomic E-state index is 14.3. The number of halogens is 2. The molecule has 18 heteroatoms. The SMILES string of the molecule is Br.Br.COC[C@H]1C[C@@H](c2ncc(-c3ccc4c(c3)COc3cc5c(ccc6nc([C@@H]7CC[C@H](C)N7C(=O)[C@@H](NC(=O)O)C(C)C)[nH]c65)cc3-4)[nH]2)N(C(=O)[C@H](NC(=O)OC)c2ccccc2)C1. The fourth-order valence-corrected chi connectivity index (χ4v) is 9.78. The molecule has 0 aliphatic carbocycles. The number of nitrogens with zero attached hydrogens (tertiary/aromatic N) is 4. The molecule has 5 N–H and O–H groups in total. The number of hydrogen-bond donors (Lipinski definition) is 5. The minimum atomic E-state index is -1.23. The van der Waals surface area contributed by atoms with Crippen molar-refractivity contribution in [3.63, 3.8) is 0 Å². The van der Waals surface area contributed by atoms with Gasteiger partial charge in [-0.25, -0.2) is 19.6 Å². The molecule has 4 amide bonds. The van der Waals surface area contributed by atoms with E-state index in [0.29, 0.717) is 49.8 Å². The first kappa shape index (κ1) is 48.0. The Morgan fingerprint density at radius 2 is 1.70 bits per heavy atom. The van der Waals surface area contributed by atoms with Crippen LogP contribution in [0.5, 0.6) is 5.75 Å². The van der Waals surface area contributed by atoms with Gasteiger partial charge in [-0.1, -0.05) is 62.4 Å². The number of hydrogen-bond acceptors (Lipinski definition) is 9. The lowest BCUT2D eigenvalue weighted by Gasteiger charge is -2.32. The third-order valence-corrected chi connectivity index (χ3v) is 12.9. The topological polar surface area (TPSA) is 204 Å². The normalized spacial score (nSPS) is 19.5. The average Bonchev–Trinajstić information content (AvgIpc) is 4.12. The summed E-state index contributed by atoms with van der Waals surface area (Å²) < 4.78 is 16.8. The number of carbonyl (C=O) groups is 4. The number of benzene rings is 4. The molecule has 0 bridgehead atoms. The molecular formula is C48H54Br2N8O8. The van der Waals surface area contributed by atoms with Crippen molar-refractivity contribution >= 4 is 79.8 Å². The summed E-state index contributed by atoms with van der Waals surface area (Å²) >= 11 is 0. The van der Waals surface area contributed by atoms with Gasteiger partial charge in [0.15, 0.2) is 0 Å². The van der Waals surface area contributed by atoms with Gasteiger partial charge in [0.1, 0.15) is 36.1 Å². The smallest absolute Gasteiger partial charge is 0.407 e. The van der Waals surface area contributed by atoms with Crippen LogP contribution in [-0.2, 0) is 25.7 Å². The van der Waals surface area contributed by atoms with Gasteiger partial charge in [-0.3, -0.25) is 9.59 Å². The number of H-pyrrole nitrogens is 2. The Bertz CT molecular complexity index is 2760. The van der Waals surface area contributed by atoms with Crippen molar-refractivity contribution in [2.45, 2.75) is 76.8 Å². The molecule has 348 valence electrons. The van der Waals surface area contributed by atoms with Gasteiger partial charge < -0.3 is 49.7 Å². The molecule has 6 aromatic rings. The summed E-state index contributed by atoms with van der Waals surface area (Å²) in [4.78, 5) is 72.5. The van der Waals surface area contributed by atoms with Crippen molar-refractivity contribution in [1.82, 2.24) is 40.4 Å². The molecule has 5 heterocycles. The lowest BCUT2D eigenvalue weighted by atomic mass is 9.92. The van der Waals surface area contributed by atoms with Crippen molar-refractivity contribution in [3.8, 4) is 28.1 Å². The van der Waals surface area contributed by atoms with Crippen LogP contribution in [0.3, 0.4) is 0 Å². The van der Waals surface area contributed by atoms with E-state index in [1.165, 1.54) is 7.11 Å². The van der Waals surface area contributed by atoms with Crippen LogP contribution in [0, 0.1) is 11.8 Å². The highest BCUT2D eigenvalue weighted by Gasteiger charge is 2.43. The van der Waals surface area contributed by atoms with E-state index in [9.17, 15) is 24.3 Å². The Morgan fingerprint density at radius 3 is 2.42 bits per heavy atom. The van der Waals surface area contributed by atoms with Crippen LogP contribution in [0.15, 0.2) is 79.0 Å². The molecule has 16 nitrogen and oxygen atoms in total. The number of nitrogens with one attached hydrogen (secondary N) is 4. The number of methoxy groups -OCH3 is 2. The van der Waals surface area contributed by atoms with E-state index in [-0.39, 0.29) is 75.7 Å². The highest BCUT2D eigenvalue weighted by Crippen LogP contribution is 2.44. The number of ether oxygens (including phenoxy) is 3. The highest BCUT2D eigenvalue weighted by molar-refractivity contribution is 8.93. The number of aromatic nitrogens is 4. The van der Waals surface area contributed by atoms with Gasteiger partial charge in [0.2, 0.25) is 5.91 Å². The van der Waals surface area contributed by atoms with Gasteiger partial charge in [-0.15, -0.1) is 34.0 Å². The lowest BCUT2D eigenvalue weighted by molar-refractivity contribution is -0.137. The molecular weight excluding hydrogens is 976 g/mol. The second-order valence-corrected chi connectivity index (χ2v) is 17.4. The van der Waals surface area contributed by atoms with Gasteiger partial charge in [0.05, 0.1) is 48.7 Å². The number of rotatable bonds is 11. The molecule has 2 fully saturated rings. The summed E-state index contributed by atoms with van der Waals surface area (Å²) in [6.07, 6.45) is 1.98. The summed E-state index contributed by atoms with van der Waals surface area (Å²) in [6, 6.07) is 21.0. The highest BCUT2D eigenvalue weighted by atomic mass is 79.9. The maximum atomic E-state index is 14.3. The zero-order valence-electron chi connectivity index (χ0n) is 37.2. The first-order valence-corrected chi connectivity index (χ1v) is 21.7. The number of imidazole rings is 2. The lowest BCUT2D eigenvalue weighted by Crippen LogP contribution is -2.52. The molecule has 9 rings (SSSR count). The van der Waals surface area contributed by atoms with E-state index >= 15 is 0 Å². The summed E-state index contributed by atoms with van der Waals surface area (Å²) in [5, 5.41) is 16.6. The van der Waals surface area contributed by atoms with Gasteiger partial charge in [-0.2, -0.15) is 0 Å². The largest absolute Gasteiger partial charge is 0.488 e. The van der Waals surface area contributed by atoms with E-state index in [4.69, 9.17) is 24.2 Å². The Balaban J connectivity index is 0.00000324. The predicted molar refractivity (Wildman–Crippen MR) is 259 cm³/mol. The Kier molecular flexibility index (Phi) is 14.4. The summed E-state index contributed by atoms with van der Waals surface area (Å²) in [7, 11) is 2.92. The van der Waals surface area contributed by atoms with Crippen LogP contribution >= 0.6 is 34.0 Å². The number of aromatic amines is 2. The van der Waals surface area contributed by atoms with Crippen LogP contribution in [0.4, 0.5) is 9.59 Å². The van der Waals surface area contributed by atoms with E-state index < -0.39 is 24.3 Å². The molecule has 3 aliphatic rings. The number of alkyl carbamates (subject to hydrolysis) is 1. The fourth-order valence-electron chi connectivity index (χ4n) is 9.78. The molecule has 6 atom stereocenters. The van der Waals surface area contributed by atoms with Crippen molar-refractivity contribution < 1.29 is 38.5 Å². The molecule has 4 aromatic carbocycles. The maximum Gasteiger partial charge on any atom is 0.407 e. The van der Waals surface area contributed by atoms with Crippen LogP contribution in [0.1, 0.15) is 80.9 Å². The fraction of sp³-hybridized carbons (Fsp3) is 0.375. The minimum absolute atomic E-state index is 0. The number of fused-ring (bicyclic) bond motifs is 6. The van der Waals surface area contributed by atoms with Crippen LogP contribution in [-0.4, -0.2) is 98.3 Å². The summed E-state index contributed by atoms with van der Waals surface area (Å²) in [5.74, 6) is 1.39. The molecule has 0 radical (unpaired) electrons. The van der Waals surface area contributed by atoms with Gasteiger partial charge in [0.25, 0.3) is 5.91 Å². The van der Waals surface area contributed by atoms with Crippen LogP contribution in [0.2, 0.25) is 0 Å². The third kappa shape index (κ3) is 9.09. The summed E-state index contributed by atoms with van der Waals surface area (Å²) in [5.41, 5.74) is 7.01. The Morgan fingerprint density at radius 1 is 0.909 bits per heavy atom. The molecule has 2 saturated heterocycles. The molecule has 0 saturated carbocycles. The number of likely N-dealkylation sites (tertiary alicyclic amines) is 2. The number of carboxylic acid groups (broad SMARTS) is 1. The second kappa shape index (κ2) is 19.9. The zero-order valence-corrected chi connectivity index (χ0v) is 40.6. The third-order valence-electron chi connectivity index (χ3n) is 12.9. The second-order valence-electron chi connectivity index (χ2n) is 17.4. The minimum Gasteiger partial charge on any atom is -0.488 e. The van der Waals surface area contributed by atoms with Crippen molar-refractivity contribution in [2.75, 3.05) is 27.4 Å². The standard InChI is InChI=1S/C48H52N8O8.2BrH/c1-25(2)40(53-47(59)60)46(58)56-26(3)11-16-37(56)44-50-35-15-13-29-19-34-32-14-12-30(18-31(32)24-64-39(34)20-33(29)42(35)52-44)36-21-49-43(51-36)38-17-27(23-62-4)22-55(38)45(57)41(54-48(61)63-5)28-9-7-6-8-10-28;;/h6-10,12-15,18-21,25-27,37-38,40-41,53H,11,16-17,22-24H2,1-5H3,(H,49,51)(H,50,52)(H,54,61)(H,59,60);2*1H/t26-,27-,37-,38-,40-,41+;;/m0../s1. The Labute approximate surface area is 402 Å². The number of amides is 4. The van der Waals surface area contributed by atoms with E-state index in [0.717, 1.165) is 61.9 Å². The van der Waals surface area contributed by atoms with Crippen LogP contribution in [0.25, 0.3) is 44.2 Å². The monoisotopic (exact) mass is 1030 g/mol. The molecule has 0 unspecified atom stereocenters. The van der Waals surface area contributed by atoms with Gasteiger partial charge in [-0.05, 0) is 84.0 Å². The van der Waals surface area contributed by atoms with Gasteiger partial charge in [0, 0.05) is 36.6 Å². The quantitative estimate of drug-likeness (QED) is 0.0835. The van der Waals surface area contributed by atoms with E-state index in [1.54, 1.807) is 35.2 Å². The van der Waals surface area contributed by atoms with E-state index in [2.05, 4.69) is 44.9 Å². The zero-order chi connectivity index (χ0) is 44.8. The first-order valence-electron chi connectivity index (χ1n) is 21.7. The van der Waals surface area contributed by atoms with Crippen molar-refractivity contribution in [3.05, 3.63) is 102 Å². The molecule has 3 aliphatic heterocycles. The molecule has 2 aromatic heterocycles. The van der Waals surface area contributed by atoms with Gasteiger partial charge >= 0.3 is 12.2 Å². The predicted octanol–water partition coefficient (Wildman–Crippen LogP) is 8.80. The molecule has 66 heavy (non-hydrogen) atoms. The number of carbonyl (C=O) groups excluding carboxylic acids is 3. The first-order chi connectivity index (χ1) is 30.9. The van der Waals surface area contributed by atoms with Crippen molar-refractivity contribution in [1.29, 1.82) is 0 Å². The van der Waals surface area contributed by atoms with Crippen molar-refractivity contribution in [2.24, 2.45) is 11.8 Å². The molecule has 0 spiro atoms. The van der Waals surface area contributed by atoms with E-state index in [1.807, 2.05) is 57.2 Å². The average molecular weight is 1030 g/mol. The summed E-state index contributed by atoms with van der Waals surface area (Å²) in [6.45, 7) is 6.92. The Hall–Kier alpha value is -5.98.